The molecule has 1 N–H and O–H groups in total. The Bertz CT molecular complexity index is 360. The van der Waals surface area contributed by atoms with Gasteiger partial charge in [-0.1, -0.05) is 5.16 Å². The van der Waals surface area contributed by atoms with E-state index in [2.05, 4.69) is 29.9 Å². The summed E-state index contributed by atoms with van der Waals surface area (Å²) in [5.74, 6) is 1.37. The van der Waals surface area contributed by atoms with Crippen LogP contribution >= 0.6 is 0 Å². The lowest BCUT2D eigenvalue weighted by Crippen LogP contribution is -2.15. The van der Waals surface area contributed by atoms with Crippen LogP contribution in [0.25, 0.3) is 0 Å². The van der Waals surface area contributed by atoms with Crippen LogP contribution in [-0.2, 0) is 13.1 Å². The van der Waals surface area contributed by atoms with Crippen molar-refractivity contribution < 1.29 is 4.52 Å². The third-order valence-corrected chi connectivity index (χ3v) is 1.59. The Kier molecular flexibility index (Phi) is 2.77. The van der Waals surface area contributed by atoms with E-state index in [9.17, 15) is 0 Å². The van der Waals surface area contributed by atoms with Gasteiger partial charge < -0.3 is 9.84 Å². The zero-order chi connectivity index (χ0) is 9.64. The molecule has 0 aliphatic heterocycles. The van der Waals surface area contributed by atoms with Crippen molar-refractivity contribution in [3.05, 3.63) is 36.5 Å². The topological polar surface area (TPSA) is 76.7 Å². The van der Waals surface area contributed by atoms with Gasteiger partial charge in [0.15, 0.2) is 5.82 Å². The highest BCUT2D eigenvalue weighted by Gasteiger charge is 1.98. The molecule has 0 aromatic carbocycles. The Morgan fingerprint density at radius 2 is 1.86 bits per heavy atom. The maximum absolute atomic E-state index is 4.58. The fourth-order valence-electron chi connectivity index (χ4n) is 0.978. The molecule has 14 heavy (non-hydrogen) atoms. The van der Waals surface area contributed by atoms with Crippen LogP contribution in [0.4, 0.5) is 0 Å². The Balaban J connectivity index is 1.79. The molecule has 0 radical (unpaired) electrons. The normalized spacial score (nSPS) is 10.3. The smallest absolute Gasteiger partial charge is 0.213 e. The summed E-state index contributed by atoms with van der Waals surface area (Å²) < 4.78 is 4.58. The highest BCUT2D eigenvalue weighted by Crippen LogP contribution is 1.90. The van der Waals surface area contributed by atoms with E-state index >= 15 is 0 Å². The second-order valence-electron chi connectivity index (χ2n) is 2.62. The van der Waals surface area contributed by atoms with E-state index in [0.717, 1.165) is 5.82 Å². The van der Waals surface area contributed by atoms with Crippen molar-refractivity contribution in [3.63, 3.8) is 0 Å². The zero-order valence-electron chi connectivity index (χ0n) is 7.42. The molecule has 0 saturated carbocycles. The first-order valence-electron chi connectivity index (χ1n) is 4.17. The van der Waals surface area contributed by atoms with Crippen molar-refractivity contribution in [1.82, 2.24) is 25.4 Å². The largest absolute Gasteiger partial charge is 0.343 e. The number of aromatic nitrogens is 4. The van der Waals surface area contributed by atoms with Crippen LogP contribution in [0.1, 0.15) is 11.6 Å². The van der Waals surface area contributed by atoms with Gasteiger partial charge in [-0.05, 0) is 6.07 Å². The predicted octanol–water partition coefficient (Wildman–Crippen LogP) is 0.149. The van der Waals surface area contributed by atoms with Gasteiger partial charge >= 0.3 is 0 Å². The Morgan fingerprint density at radius 3 is 2.57 bits per heavy atom. The van der Waals surface area contributed by atoms with E-state index in [1.807, 2.05) is 0 Å². The highest BCUT2D eigenvalue weighted by atomic mass is 16.5. The van der Waals surface area contributed by atoms with E-state index in [4.69, 9.17) is 0 Å². The lowest BCUT2D eigenvalue weighted by Gasteiger charge is -1.98. The lowest BCUT2D eigenvalue weighted by atomic mass is 10.5. The third kappa shape index (κ3) is 2.33. The first-order valence-corrected chi connectivity index (χ1v) is 4.17. The van der Waals surface area contributed by atoms with Gasteiger partial charge in [0.2, 0.25) is 6.39 Å². The SMILES string of the molecule is c1cnc(CNCc2ncon2)nc1. The molecule has 0 saturated heterocycles. The molecule has 72 valence electrons. The third-order valence-electron chi connectivity index (χ3n) is 1.59. The van der Waals surface area contributed by atoms with Crippen molar-refractivity contribution in [3.8, 4) is 0 Å². The van der Waals surface area contributed by atoms with Gasteiger partial charge in [0.05, 0.1) is 13.1 Å². The summed E-state index contributed by atoms with van der Waals surface area (Å²) in [6.45, 7) is 1.14. The number of rotatable bonds is 4. The summed E-state index contributed by atoms with van der Waals surface area (Å²) in [5.41, 5.74) is 0. The number of nitrogens with one attached hydrogen (secondary N) is 1. The van der Waals surface area contributed by atoms with E-state index in [0.29, 0.717) is 18.9 Å². The van der Waals surface area contributed by atoms with Crippen molar-refractivity contribution in [2.75, 3.05) is 0 Å². The molecule has 0 fully saturated rings. The fraction of sp³-hybridized carbons (Fsp3) is 0.250. The quantitative estimate of drug-likeness (QED) is 0.741. The van der Waals surface area contributed by atoms with Crippen molar-refractivity contribution >= 4 is 0 Å². The van der Waals surface area contributed by atoms with E-state index in [-0.39, 0.29) is 0 Å². The fourth-order valence-corrected chi connectivity index (χ4v) is 0.978. The predicted molar refractivity (Wildman–Crippen MR) is 46.9 cm³/mol. The summed E-state index contributed by atoms with van der Waals surface area (Å²) >= 11 is 0. The molecule has 2 rings (SSSR count). The van der Waals surface area contributed by atoms with E-state index in [1.165, 1.54) is 6.39 Å². The molecule has 0 bridgehead atoms. The van der Waals surface area contributed by atoms with Crippen molar-refractivity contribution in [2.24, 2.45) is 0 Å². The molecule has 6 nitrogen and oxygen atoms in total. The molecular weight excluding hydrogens is 182 g/mol. The van der Waals surface area contributed by atoms with Gasteiger partial charge in [0.1, 0.15) is 5.82 Å². The summed E-state index contributed by atoms with van der Waals surface area (Å²) in [7, 11) is 0. The molecule has 2 aromatic rings. The lowest BCUT2D eigenvalue weighted by molar-refractivity contribution is 0.407. The summed E-state index contributed by atoms with van der Waals surface area (Å²) in [6, 6.07) is 1.78. The van der Waals surface area contributed by atoms with E-state index in [1.54, 1.807) is 18.5 Å². The summed E-state index contributed by atoms with van der Waals surface area (Å²) in [4.78, 5) is 12.0. The number of hydrogen-bond donors (Lipinski definition) is 1. The molecular formula is C8H9N5O. The minimum absolute atomic E-state index is 0.550. The average molecular weight is 191 g/mol. The molecule has 2 heterocycles. The Labute approximate surface area is 80.4 Å². The van der Waals surface area contributed by atoms with Gasteiger partial charge in [-0.2, -0.15) is 4.98 Å². The van der Waals surface area contributed by atoms with Crippen LogP contribution in [0.2, 0.25) is 0 Å². The Morgan fingerprint density at radius 1 is 1.07 bits per heavy atom. The first kappa shape index (κ1) is 8.76. The van der Waals surface area contributed by atoms with Crippen LogP contribution in [0, 0.1) is 0 Å². The standard InChI is InChI=1S/C8H9N5O/c1-2-10-7(11-3-1)4-9-5-8-12-6-14-13-8/h1-3,6,9H,4-5H2. The average Bonchev–Trinajstić information content (AvgIpc) is 2.72. The molecule has 0 unspecified atom stereocenters. The minimum Gasteiger partial charge on any atom is -0.343 e. The molecule has 0 atom stereocenters. The van der Waals surface area contributed by atoms with Crippen LogP contribution in [0.3, 0.4) is 0 Å². The van der Waals surface area contributed by atoms with Crippen LogP contribution in [-0.4, -0.2) is 20.1 Å². The number of nitrogens with zero attached hydrogens (tertiary/aromatic N) is 4. The van der Waals surface area contributed by atoms with Crippen LogP contribution in [0.5, 0.6) is 0 Å². The van der Waals surface area contributed by atoms with Gasteiger partial charge in [-0.3, -0.25) is 0 Å². The first-order chi connectivity index (χ1) is 6.95. The minimum atomic E-state index is 0.550. The number of hydrogen-bond acceptors (Lipinski definition) is 6. The van der Waals surface area contributed by atoms with E-state index < -0.39 is 0 Å². The molecule has 0 spiro atoms. The molecule has 6 heteroatoms. The highest BCUT2D eigenvalue weighted by molar-refractivity contribution is 4.88. The summed E-state index contributed by atoms with van der Waals surface area (Å²) in [5, 5.41) is 6.75. The Hall–Kier alpha value is -1.82. The van der Waals surface area contributed by atoms with Gasteiger partial charge in [-0.25, -0.2) is 9.97 Å². The molecule has 0 aliphatic rings. The van der Waals surface area contributed by atoms with Crippen molar-refractivity contribution in [2.45, 2.75) is 13.1 Å². The monoisotopic (exact) mass is 191 g/mol. The zero-order valence-corrected chi connectivity index (χ0v) is 7.42. The summed E-state index contributed by atoms with van der Waals surface area (Å²) in [6.07, 6.45) is 4.72. The second kappa shape index (κ2) is 4.43. The second-order valence-corrected chi connectivity index (χ2v) is 2.62. The molecule has 0 amide bonds. The van der Waals surface area contributed by atoms with Crippen LogP contribution < -0.4 is 5.32 Å². The molecule has 0 aliphatic carbocycles. The molecule has 2 aromatic heterocycles. The van der Waals surface area contributed by atoms with Crippen molar-refractivity contribution in [1.29, 1.82) is 0 Å². The van der Waals surface area contributed by atoms with Crippen LogP contribution in [0.15, 0.2) is 29.4 Å². The van der Waals surface area contributed by atoms with Gasteiger partial charge in [0.25, 0.3) is 0 Å². The maximum Gasteiger partial charge on any atom is 0.213 e. The maximum atomic E-state index is 4.58. The van der Waals surface area contributed by atoms with Gasteiger partial charge in [-0.15, -0.1) is 0 Å². The van der Waals surface area contributed by atoms with Gasteiger partial charge in [0, 0.05) is 12.4 Å².